The molecular formula is C19H22N4O3. The molecule has 26 heavy (non-hydrogen) atoms. The van der Waals surface area contributed by atoms with Gasteiger partial charge in [0, 0.05) is 43.3 Å². The van der Waals surface area contributed by atoms with Crippen molar-refractivity contribution >= 4 is 17.6 Å². The lowest BCUT2D eigenvalue weighted by molar-refractivity contribution is 0.0919. The first-order chi connectivity index (χ1) is 12.7. The number of nitrogens with zero attached hydrogens (tertiary/aromatic N) is 2. The number of urea groups is 1. The normalized spacial score (nSPS) is 14.6. The highest BCUT2D eigenvalue weighted by atomic mass is 16.5. The second kappa shape index (κ2) is 8.33. The highest BCUT2D eigenvalue weighted by Gasteiger charge is 2.24. The van der Waals surface area contributed by atoms with Crippen LogP contribution in [0.5, 0.6) is 5.75 Å². The van der Waals surface area contributed by atoms with E-state index in [4.69, 9.17) is 4.74 Å². The molecule has 7 heteroatoms. The number of aromatic nitrogens is 1. The molecule has 136 valence electrons. The fourth-order valence-electron chi connectivity index (χ4n) is 2.90. The van der Waals surface area contributed by atoms with Gasteiger partial charge in [0.05, 0.1) is 12.7 Å². The van der Waals surface area contributed by atoms with Crippen molar-refractivity contribution < 1.29 is 14.3 Å². The molecule has 1 saturated heterocycles. The van der Waals surface area contributed by atoms with E-state index >= 15 is 0 Å². The predicted octanol–water partition coefficient (Wildman–Crippen LogP) is 2.52. The Labute approximate surface area is 152 Å². The molecule has 0 spiro atoms. The fraction of sp³-hybridized carbons (Fsp3) is 0.316. The maximum absolute atomic E-state index is 12.4. The van der Waals surface area contributed by atoms with E-state index < -0.39 is 0 Å². The van der Waals surface area contributed by atoms with Gasteiger partial charge in [0.25, 0.3) is 5.91 Å². The average Bonchev–Trinajstić information content (AvgIpc) is 2.69. The van der Waals surface area contributed by atoms with Gasteiger partial charge in [-0.05, 0) is 37.1 Å². The zero-order valence-electron chi connectivity index (χ0n) is 14.6. The Kier molecular flexibility index (Phi) is 5.68. The number of anilines is 1. The molecule has 0 radical (unpaired) electrons. The minimum Gasteiger partial charge on any atom is -0.497 e. The maximum Gasteiger partial charge on any atom is 0.321 e. The van der Waals surface area contributed by atoms with Crippen LogP contribution in [0.2, 0.25) is 0 Å². The summed E-state index contributed by atoms with van der Waals surface area (Å²) in [6.07, 6.45) is 4.62. The van der Waals surface area contributed by atoms with Crippen molar-refractivity contribution in [1.29, 1.82) is 0 Å². The Morgan fingerprint density at radius 2 is 2.00 bits per heavy atom. The third kappa shape index (κ3) is 4.50. The van der Waals surface area contributed by atoms with Crippen LogP contribution in [0.3, 0.4) is 0 Å². The van der Waals surface area contributed by atoms with Crippen LogP contribution in [0.15, 0.2) is 48.8 Å². The first-order valence-electron chi connectivity index (χ1n) is 8.56. The summed E-state index contributed by atoms with van der Waals surface area (Å²) >= 11 is 0. The van der Waals surface area contributed by atoms with Crippen molar-refractivity contribution in [2.24, 2.45) is 0 Å². The third-order valence-corrected chi connectivity index (χ3v) is 4.36. The van der Waals surface area contributed by atoms with E-state index in [2.05, 4.69) is 15.6 Å². The summed E-state index contributed by atoms with van der Waals surface area (Å²) in [4.78, 5) is 30.3. The van der Waals surface area contributed by atoms with E-state index in [1.54, 1.807) is 42.6 Å². The molecule has 2 heterocycles. The van der Waals surface area contributed by atoms with Gasteiger partial charge in [-0.2, -0.15) is 0 Å². The van der Waals surface area contributed by atoms with Crippen molar-refractivity contribution in [1.82, 2.24) is 15.2 Å². The van der Waals surface area contributed by atoms with Crippen LogP contribution in [0.25, 0.3) is 0 Å². The van der Waals surface area contributed by atoms with Crippen LogP contribution in [0.4, 0.5) is 10.5 Å². The molecule has 3 rings (SSSR count). The number of ether oxygens (including phenoxy) is 1. The second-order valence-electron chi connectivity index (χ2n) is 6.14. The summed E-state index contributed by atoms with van der Waals surface area (Å²) in [7, 11) is 1.59. The number of piperidine rings is 1. The summed E-state index contributed by atoms with van der Waals surface area (Å²) in [6.45, 7) is 1.18. The van der Waals surface area contributed by atoms with Crippen LogP contribution >= 0.6 is 0 Å². The van der Waals surface area contributed by atoms with E-state index in [0.29, 0.717) is 30.1 Å². The number of methoxy groups -OCH3 is 1. The van der Waals surface area contributed by atoms with Gasteiger partial charge in [0.15, 0.2) is 0 Å². The number of carbonyl (C=O) groups is 2. The Morgan fingerprint density at radius 3 is 2.69 bits per heavy atom. The number of amides is 3. The molecule has 1 fully saturated rings. The molecule has 1 aromatic carbocycles. The zero-order chi connectivity index (χ0) is 18.4. The van der Waals surface area contributed by atoms with Crippen molar-refractivity contribution in [3.8, 4) is 5.75 Å². The smallest absolute Gasteiger partial charge is 0.321 e. The quantitative estimate of drug-likeness (QED) is 0.884. The van der Waals surface area contributed by atoms with Gasteiger partial charge in [-0.3, -0.25) is 9.78 Å². The molecule has 2 aromatic rings. The molecule has 0 bridgehead atoms. The van der Waals surface area contributed by atoms with Crippen molar-refractivity contribution in [3.63, 3.8) is 0 Å². The number of nitrogens with one attached hydrogen (secondary N) is 2. The molecule has 0 unspecified atom stereocenters. The number of hydrogen-bond acceptors (Lipinski definition) is 4. The van der Waals surface area contributed by atoms with Crippen LogP contribution in [0.1, 0.15) is 23.2 Å². The standard InChI is InChI=1S/C19H22N4O3/c1-26-17-6-2-5-16(12-17)22-19(25)23-10-7-15(8-11-23)21-18(24)14-4-3-9-20-13-14/h2-6,9,12-13,15H,7-8,10-11H2,1H3,(H,21,24)(H,22,25). The molecule has 1 aliphatic heterocycles. The van der Waals surface area contributed by atoms with Gasteiger partial charge < -0.3 is 20.3 Å². The number of rotatable bonds is 4. The topological polar surface area (TPSA) is 83.6 Å². The Balaban J connectivity index is 1.48. The lowest BCUT2D eigenvalue weighted by Gasteiger charge is -2.32. The van der Waals surface area contributed by atoms with Gasteiger partial charge in [0.1, 0.15) is 5.75 Å². The van der Waals surface area contributed by atoms with Crippen molar-refractivity contribution in [2.75, 3.05) is 25.5 Å². The Hall–Kier alpha value is -3.09. The molecule has 0 saturated carbocycles. The third-order valence-electron chi connectivity index (χ3n) is 4.36. The summed E-state index contributed by atoms with van der Waals surface area (Å²) in [6, 6.07) is 10.6. The highest BCUT2D eigenvalue weighted by Crippen LogP contribution is 2.18. The largest absolute Gasteiger partial charge is 0.497 e. The Bertz CT molecular complexity index is 758. The Morgan fingerprint density at radius 1 is 1.19 bits per heavy atom. The van der Waals surface area contributed by atoms with Crippen LogP contribution in [0, 0.1) is 0 Å². The number of carbonyl (C=O) groups excluding carboxylic acids is 2. The van der Waals surface area contributed by atoms with Crippen LogP contribution < -0.4 is 15.4 Å². The molecular weight excluding hydrogens is 332 g/mol. The van der Waals surface area contributed by atoms with Crippen molar-refractivity contribution in [2.45, 2.75) is 18.9 Å². The van der Waals surface area contributed by atoms with E-state index in [0.717, 1.165) is 12.8 Å². The molecule has 3 amide bonds. The number of benzene rings is 1. The molecule has 0 atom stereocenters. The monoisotopic (exact) mass is 354 g/mol. The summed E-state index contributed by atoms with van der Waals surface area (Å²) in [5, 5.41) is 5.88. The highest BCUT2D eigenvalue weighted by molar-refractivity contribution is 5.94. The van der Waals surface area contributed by atoms with E-state index in [1.165, 1.54) is 0 Å². The van der Waals surface area contributed by atoms with E-state index in [-0.39, 0.29) is 18.0 Å². The first-order valence-corrected chi connectivity index (χ1v) is 8.56. The average molecular weight is 354 g/mol. The van der Waals surface area contributed by atoms with Gasteiger partial charge in [-0.15, -0.1) is 0 Å². The maximum atomic E-state index is 12.4. The number of pyridine rings is 1. The molecule has 1 aromatic heterocycles. The van der Waals surface area contributed by atoms with Gasteiger partial charge in [-0.25, -0.2) is 4.79 Å². The van der Waals surface area contributed by atoms with Crippen molar-refractivity contribution in [3.05, 3.63) is 54.4 Å². The predicted molar refractivity (Wildman–Crippen MR) is 98.3 cm³/mol. The summed E-state index contributed by atoms with van der Waals surface area (Å²) in [5.74, 6) is 0.567. The summed E-state index contributed by atoms with van der Waals surface area (Å²) < 4.78 is 5.16. The molecule has 7 nitrogen and oxygen atoms in total. The van der Waals surface area contributed by atoms with E-state index in [9.17, 15) is 9.59 Å². The minimum absolute atomic E-state index is 0.0589. The lowest BCUT2D eigenvalue weighted by atomic mass is 10.0. The molecule has 0 aliphatic carbocycles. The van der Waals surface area contributed by atoms with Gasteiger partial charge in [0.2, 0.25) is 0 Å². The molecule has 2 N–H and O–H groups in total. The minimum atomic E-state index is -0.143. The number of hydrogen-bond donors (Lipinski definition) is 2. The SMILES string of the molecule is COc1cccc(NC(=O)N2CCC(NC(=O)c3cccnc3)CC2)c1. The number of likely N-dealkylation sites (tertiary alicyclic amines) is 1. The van der Waals surface area contributed by atoms with Crippen LogP contribution in [-0.4, -0.2) is 48.1 Å². The zero-order valence-corrected chi connectivity index (χ0v) is 14.6. The van der Waals surface area contributed by atoms with Crippen LogP contribution in [-0.2, 0) is 0 Å². The van der Waals surface area contributed by atoms with Gasteiger partial charge >= 0.3 is 6.03 Å². The fourth-order valence-corrected chi connectivity index (χ4v) is 2.90. The first kappa shape index (κ1) is 17.7. The van der Waals surface area contributed by atoms with E-state index in [1.807, 2.05) is 18.2 Å². The second-order valence-corrected chi connectivity index (χ2v) is 6.14. The summed E-state index contributed by atoms with van der Waals surface area (Å²) in [5.41, 5.74) is 1.24. The van der Waals surface area contributed by atoms with Gasteiger partial charge in [-0.1, -0.05) is 6.07 Å². The molecule has 1 aliphatic rings. The lowest BCUT2D eigenvalue weighted by Crippen LogP contribution is -2.47.